The molecule has 1 heterocycles. The van der Waals surface area contributed by atoms with Gasteiger partial charge in [0, 0.05) is 25.3 Å². The van der Waals surface area contributed by atoms with Crippen molar-refractivity contribution in [2.24, 2.45) is 0 Å². The van der Waals surface area contributed by atoms with Crippen LogP contribution in [0.3, 0.4) is 0 Å². The number of para-hydroxylation sites is 1. The summed E-state index contributed by atoms with van der Waals surface area (Å²) in [5, 5.41) is 3.84. The fourth-order valence-electron chi connectivity index (χ4n) is 2.96. The number of anilines is 1. The van der Waals surface area contributed by atoms with E-state index in [0.29, 0.717) is 11.3 Å². The molecule has 0 fully saturated rings. The van der Waals surface area contributed by atoms with Crippen molar-refractivity contribution in [3.63, 3.8) is 0 Å². The van der Waals surface area contributed by atoms with E-state index < -0.39 is 0 Å². The van der Waals surface area contributed by atoms with E-state index in [1.54, 1.807) is 23.5 Å². The first-order valence-electron chi connectivity index (χ1n) is 9.31. The summed E-state index contributed by atoms with van der Waals surface area (Å²) in [6, 6.07) is 25.4. The molecule has 4 rings (SSSR count). The minimum absolute atomic E-state index is 0.152. The van der Waals surface area contributed by atoms with E-state index in [9.17, 15) is 4.79 Å². The van der Waals surface area contributed by atoms with Crippen LogP contribution in [0.1, 0.15) is 20.9 Å². The van der Waals surface area contributed by atoms with Gasteiger partial charge in [0.1, 0.15) is 5.01 Å². The lowest BCUT2D eigenvalue weighted by atomic mass is 10.1. The van der Waals surface area contributed by atoms with Crippen LogP contribution in [0.15, 0.2) is 78.9 Å². The molecule has 0 spiro atoms. The van der Waals surface area contributed by atoms with Gasteiger partial charge < -0.3 is 10.2 Å². The van der Waals surface area contributed by atoms with Gasteiger partial charge in [-0.15, -0.1) is 11.3 Å². The van der Waals surface area contributed by atoms with E-state index in [4.69, 9.17) is 4.98 Å². The van der Waals surface area contributed by atoms with Gasteiger partial charge in [-0.05, 0) is 48.0 Å². The number of thiazole rings is 1. The second-order valence-electron chi connectivity index (χ2n) is 6.85. The van der Waals surface area contributed by atoms with Crippen LogP contribution in [0, 0.1) is 0 Å². The second kappa shape index (κ2) is 8.29. The van der Waals surface area contributed by atoms with Gasteiger partial charge in [-0.1, -0.05) is 42.5 Å². The summed E-state index contributed by atoms with van der Waals surface area (Å²) >= 11 is 1.57. The fourth-order valence-corrected chi connectivity index (χ4v) is 3.90. The minimum atomic E-state index is -0.152. The number of carbonyl (C=O) groups excluding carboxylic acids is 1. The Bertz CT molecular complexity index is 1130. The molecular weight excluding hydrogens is 378 g/mol. The van der Waals surface area contributed by atoms with Crippen molar-refractivity contribution in [3.8, 4) is 0 Å². The van der Waals surface area contributed by atoms with Crippen molar-refractivity contribution in [1.82, 2.24) is 10.3 Å². The molecular formula is C24H21N3OS. The summed E-state index contributed by atoms with van der Waals surface area (Å²) in [4.78, 5) is 19.6. The van der Waals surface area contributed by atoms with E-state index in [0.717, 1.165) is 26.5 Å². The summed E-state index contributed by atoms with van der Waals surface area (Å²) in [6.45, 7) is 0. The molecule has 1 N–H and O–H groups in total. The van der Waals surface area contributed by atoms with E-state index in [1.165, 1.54) is 0 Å². The van der Waals surface area contributed by atoms with E-state index >= 15 is 0 Å². The van der Waals surface area contributed by atoms with E-state index in [2.05, 4.69) is 22.3 Å². The molecule has 3 aromatic carbocycles. The smallest absolute Gasteiger partial charge is 0.255 e. The average Bonchev–Trinajstić information content (AvgIpc) is 3.18. The lowest BCUT2D eigenvalue weighted by Gasteiger charge is -2.12. The Morgan fingerprint density at radius 3 is 2.31 bits per heavy atom. The zero-order valence-electron chi connectivity index (χ0n) is 16.3. The first kappa shape index (κ1) is 18.9. The molecule has 0 aliphatic heterocycles. The molecule has 144 valence electrons. The highest BCUT2D eigenvalue weighted by Gasteiger charge is 2.13. The number of amides is 1. The number of aromatic nitrogens is 1. The number of nitrogens with zero attached hydrogens (tertiary/aromatic N) is 2. The van der Waals surface area contributed by atoms with Crippen molar-refractivity contribution in [1.29, 1.82) is 0 Å². The highest BCUT2D eigenvalue weighted by Crippen LogP contribution is 2.27. The zero-order chi connectivity index (χ0) is 20.2. The standard InChI is InChI=1S/C24H21N3OS/c1-27(2)19-14-12-17(13-15-19)16-21(25-23(28)18-8-4-3-5-9-18)24-26-20-10-6-7-11-22(20)29-24/h3-16H,1-2H3,(H,25,28)/b21-16+. The number of nitrogens with one attached hydrogen (secondary N) is 1. The molecule has 0 atom stereocenters. The second-order valence-corrected chi connectivity index (χ2v) is 7.88. The molecule has 0 saturated carbocycles. The predicted molar refractivity (Wildman–Crippen MR) is 122 cm³/mol. The normalized spacial score (nSPS) is 11.4. The van der Waals surface area contributed by atoms with Gasteiger partial charge in [0.25, 0.3) is 5.91 Å². The first-order chi connectivity index (χ1) is 14.1. The molecule has 5 heteroatoms. The van der Waals surface area contributed by atoms with Gasteiger partial charge in [-0.2, -0.15) is 0 Å². The fraction of sp³-hybridized carbons (Fsp3) is 0.0833. The maximum absolute atomic E-state index is 12.8. The molecule has 4 nitrogen and oxygen atoms in total. The quantitative estimate of drug-likeness (QED) is 0.496. The molecule has 0 aliphatic carbocycles. The van der Waals surface area contributed by atoms with E-state index in [1.807, 2.05) is 74.8 Å². The molecule has 0 aliphatic rings. The third-order valence-corrected chi connectivity index (χ3v) is 5.60. The largest absolute Gasteiger partial charge is 0.378 e. The number of carbonyl (C=O) groups is 1. The van der Waals surface area contributed by atoms with Crippen LogP contribution >= 0.6 is 11.3 Å². The Morgan fingerprint density at radius 1 is 0.931 bits per heavy atom. The Kier molecular flexibility index (Phi) is 5.40. The number of hydrogen-bond acceptors (Lipinski definition) is 4. The summed E-state index contributed by atoms with van der Waals surface area (Å²) in [5.41, 5.74) is 4.35. The Balaban J connectivity index is 1.72. The molecule has 0 bridgehead atoms. The minimum Gasteiger partial charge on any atom is -0.378 e. The van der Waals surface area contributed by atoms with Gasteiger partial charge in [-0.25, -0.2) is 4.98 Å². The van der Waals surface area contributed by atoms with Gasteiger partial charge in [-0.3, -0.25) is 4.79 Å². The molecule has 0 unspecified atom stereocenters. The predicted octanol–water partition coefficient (Wildman–Crippen LogP) is 5.29. The van der Waals surface area contributed by atoms with Crippen LogP contribution < -0.4 is 10.2 Å². The maximum Gasteiger partial charge on any atom is 0.255 e. The molecule has 0 radical (unpaired) electrons. The Hall–Kier alpha value is -3.44. The van der Waals surface area contributed by atoms with Crippen molar-refractivity contribution in [2.45, 2.75) is 0 Å². The number of hydrogen-bond donors (Lipinski definition) is 1. The van der Waals surface area contributed by atoms with Crippen LogP contribution in [-0.4, -0.2) is 25.0 Å². The number of rotatable bonds is 5. The van der Waals surface area contributed by atoms with Crippen molar-refractivity contribution in [2.75, 3.05) is 19.0 Å². The molecule has 1 aromatic heterocycles. The van der Waals surface area contributed by atoms with Crippen LogP contribution in [0.5, 0.6) is 0 Å². The van der Waals surface area contributed by atoms with E-state index in [-0.39, 0.29) is 5.91 Å². The molecule has 1 amide bonds. The van der Waals surface area contributed by atoms with Crippen molar-refractivity contribution < 1.29 is 4.79 Å². The van der Waals surface area contributed by atoms with Crippen LogP contribution in [0.25, 0.3) is 22.0 Å². The van der Waals surface area contributed by atoms with Crippen LogP contribution in [0.2, 0.25) is 0 Å². The summed E-state index contributed by atoms with van der Waals surface area (Å²) in [5.74, 6) is -0.152. The molecule has 4 aromatic rings. The molecule has 0 saturated heterocycles. The zero-order valence-corrected chi connectivity index (χ0v) is 17.1. The SMILES string of the molecule is CN(C)c1ccc(/C=C(/NC(=O)c2ccccc2)c2nc3ccccc3s2)cc1. The highest BCUT2D eigenvalue weighted by molar-refractivity contribution is 7.19. The van der Waals surface area contributed by atoms with Crippen molar-refractivity contribution >= 4 is 44.9 Å². The van der Waals surface area contributed by atoms with Gasteiger partial charge in [0.2, 0.25) is 0 Å². The summed E-state index contributed by atoms with van der Waals surface area (Å²) in [7, 11) is 4.02. The Labute approximate surface area is 174 Å². The maximum atomic E-state index is 12.8. The van der Waals surface area contributed by atoms with Crippen LogP contribution in [-0.2, 0) is 0 Å². The lowest BCUT2D eigenvalue weighted by molar-refractivity contribution is 0.0974. The Morgan fingerprint density at radius 2 is 1.62 bits per heavy atom. The van der Waals surface area contributed by atoms with Gasteiger partial charge >= 0.3 is 0 Å². The van der Waals surface area contributed by atoms with Gasteiger partial charge in [0.15, 0.2) is 0 Å². The third kappa shape index (κ3) is 4.36. The third-order valence-electron chi connectivity index (χ3n) is 4.53. The monoisotopic (exact) mass is 399 g/mol. The summed E-state index contributed by atoms with van der Waals surface area (Å²) in [6.07, 6.45) is 1.97. The van der Waals surface area contributed by atoms with Gasteiger partial charge in [0.05, 0.1) is 15.9 Å². The first-order valence-corrected chi connectivity index (χ1v) is 10.1. The number of fused-ring (bicyclic) bond motifs is 1. The van der Waals surface area contributed by atoms with Crippen molar-refractivity contribution in [3.05, 3.63) is 95.0 Å². The lowest BCUT2D eigenvalue weighted by Crippen LogP contribution is -2.21. The van der Waals surface area contributed by atoms with Crippen LogP contribution in [0.4, 0.5) is 5.69 Å². The summed E-state index contributed by atoms with van der Waals surface area (Å²) < 4.78 is 1.09. The number of benzene rings is 3. The molecule has 29 heavy (non-hydrogen) atoms. The highest BCUT2D eigenvalue weighted by atomic mass is 32.1. The topological polar surface area (TPSA) is 45.2 Å². The average molecular weight is 400 g/mol.